The minimum absolute atomic E-state index is 0.246. The van der Waals surface area contributed by atoms with Crippen LogP contribution < -0.4 is 5.32 Å². The number of ether oxygens (including phenoxy) is 2. The van der Waals surface area contributed by atoms with Gasteiger partial charge in [-0.3, -0.25) is 4.79 Å². The van der Waals surface area contributed by atoms with Gasteiger partial charge in [0.2, 0.25) is 5.91 Å². The summed E-state index contributed by atoms with van der Waals surface area (Å²) in [5.41, 5.74) is 0. The van der Waals surface area contributed by atoms with Crippen molar-refractivity contribution in [1.82, 2.24) is 5.32 Å². The van der Waals surface area contributed by atoms with Crippen LogP contribution in [0.3, 0.4) is 0 Å². The summed E-state index contributed by atoms with van der Waals surface area (Å²) >= 11 is 0. The molecule has 9 unspecified atom stereocenters. The van der Waals surface area contributed by atoms with Crippen molar-refractivity contribution in [3.05, 3.63) is 24.3 Å². The Kier molecular flexibility index (Phi) is 36.1. The Bertz CT molecular complexity index is 1010. The minimum atomic E-state index is -1.67. The van der Waals surface area contributed by atoms with E-state index in [1.165, 1.54) is 122 Å². The summed E-state index contributed by atoms with van der Waals surface area (Å²) in [5.74, 6) is -0.711. The Morgan fingerprint density at radius 1 is 0.593 bits per heavy atom. The summed E-state index contributed by atoms with van der Waals surface area (Å²) in [6.07, 6.45) is 31.2. The number of aliphatic hydroxyl groups excluding tert-OH is 7. The number of aliphatic hydroxyl groups is 7. The summed E-state index contributed by atoms with van der Waals surface area (Å²) in [6, 6.07) is -1.19. The molecule has 1 amide bonds. The third-order valence-electron chi connectivity index (χ3n) is 11.7. The topological polar surface area (TPSA) is 189 Å². The summed E-state index contributed by atoms with van der Waals surface area (Å²) in [4.78, 5) is 13.1. The van der Waals surface area contributed by atoms with Crippen LogP contribution >= 0.6 is 0 Å². The molecular weight excluding hydrogens is 751 g/mol. The molecule has 0 spiro atoms. The van der Waals surface area contributed by atoms with E-state index in [1.807, 2.05) is 6.08 Å². The molecule has 8 N–H and O–H groups in total. The minimum Gasteiger partial charge on any atom is -0.394 e. The van der Waals surface area contributed by atoms with Gasteiger partial charge in [-0.15, -0.1) is 0 Å². The van der Waals surface area contributed by atoms with Gasteiger partial charge in [0.1, 0.15) is 36.6 Å². The molecule has 1 aliphatic rings. The first-order valence-electron chi connectivity index (χ1n) is 24.2. The number of carbonyl (C=O) groups excluding carboxylic acids is 1. The molecule has 0 aromatic carbocycles. The predicted octanol–water partition coefficient (Wildman–Crippen LogP) is 8.23. The second kappa shape index (κ2) is 38.3. The van der Waals surface area contributed by atoms with E-state index in [9.17, 15) is 40.5 Å². The van der Waals surface area contributed by atoms with Crippen LogP contribution in [0.5, 0.6) is 0 Å². The molecule has 1 aliphatic heterocycles. The fourth-order valence-electron chi connectivity index (χ4n) is 7.76. The molecule has 0 bridgehead atoms. The average molecular weight is 842 g/mol. The third-order valence-corrected chi connectivity index (χ3v) is 11.7. The molecule has 0 aromatic heterocycles. The highest BCUT2D eigenvalue weighted by atomic mass is 16.7. The Morgan fingerprint density at radius 3 is 1.53 bits per heavy atom. The molecule has 1 fully saturated rings. The van der Waals surface area contributed by atoms with Gasteiger partial charge in [0.15, 0.2) is 6.29 Å². The standard InChI is InChI=1S/C48H91NO10/c1-3-5-7-9-11-13-14-15-16-17-18-19-20-21-22-23-24-25-26-28-30-32-34-36-41(52)47(57)49-39(38-58-48-46(56)45(55)44(54)42(37-50)59-48)43(53)40(51)35-33-31-29-27-12-10-8-6-4-2/h6,8,27,29,39-46,48,50-56H,3-5,7,9-26,28,30-38H2,1-2H3,(H,49,57)/b8-6+,29-27+. The summed E-state index contributed by atoms with van der Waals surface area (Å²) < 4.78 is 11.0. The zero-order chi connectivity index (χ0) is 43.4. The van der Waals surface area contributed by atoms with E-state index in [4.69, 9.17) is 9.47 Å². The second-order valence-corrected chi connectivity index (χ2v) is 17.1. The van der Waals surface area contributed by atoms with Crippen LogP contribution in [0.25, 0.3) is 0 Å². The maximum absolute atomic E-state index is 13.1. The molecule has 0 aromatic rings. The van der Waals surface area contributed by atoms with E-state index < -0.39 is 74.2 Å². The van der Waals surface area contributed by atoms with Gasteiger partial charge < -0.3 is 50.5 Å². The monoisotopic (exact) mass is 842 g/mol. The quantitative estimate of drug-likeness (QED) is 0.0221. The largest absolute Gasteiger partial charge is 0.394 e. The maximum Gasteiger partial charge on any atom is 0.249 e. The van der Waals surface area contributed by atoms with Gasteiger partial charge in [-0.05, 0) is 44.9 Å². The van der Waals surface area contributed by atoms with Gasteiger partial charge >= 0.3 is 0 Å². The average Bonchev–Trinajstić information content (AvgIpc) is 3.23. The number of amides is 1. The zero-order valence-corrected chi connectivity index (χ0v) is 37.5. The van der Waals surface area contributed by atoms with Gasteiger partial charge in [0.05, 0.1) is 25.4 Å². The Labute approximate surface area is 359 Å². The molecule has 11 nitrogen and oxygen atoms in total. The van der Waals surface area contributed by atoms with E-state index in [0.717, 1.165) is 38.5 Å². The van der Waals surface area contributed by atoms with Crippen molar-refractivity contribution in [2.75, 3.05) is 13.2 Å². The summed E-state index contributed by atoms with van der Waals surface area (Å²) in [7, 11) is 0. The van der Waals surface area contributed by atoms with Crippen LogP contribution in [0.2, 0.25) is 0 Å². The van der Waals surface area contributed by atoms with E-state index in [0.29, 0.717) is 19.3 Å². The van der Waals surface area contributed by atoms with Crippen LogP contribution in [0.4, 0.5) is 0 Å². The van der Waals surface area contributed by atoms with Gasteiger partial charge in [0.25, 0.3) is 0 Å². The van der Waals surface area contributed by atoms with Crippen LogP contribution in [-0.2, 0) is 14.3 Å². The maximum atomic E-state index is 13.1. The van der Waals surface area contributed by atoms with Gasteiger partial charge in [-0.1, -0.05) is 186 Å². The Hall–Kier alpha value is -1.41. The number of unbranched alkanes of at least 4 members (excludes halogenated alkanes) is 24. The first-order chi connectivity index (χ1) is 28.7. The number of carbonyl (C=O) groups is 1. The molecule has 1 rings (SSSR count). The highest BCUT2D eigenvalue weighted by molar-refractivity contribution is 5.80. The normalized spacial score (nSPS) is 21.9. The molecule has 0 aliphatic carbocycles. The van der Waals surface area contributed by atoms with Crippen molar-refractivity contribution in [3.63, 3.8) is 0 Å². The highest BCUT2D eigenvalue weighted by Gasteiger charge is 2.44. The fourth-order valence-corrected chi connectivity index (χ4v) is 7.76. The molecule has 9 atom stereocenters. The molecule has 0 radical (unpaired) electrons. The molecular formula is C48H91NO10. The van der Waals surface area contributed by atoms with E-state index in [1.54, 1.807) is 0 Å². The van der Waals surface area contributed by atoms with Gasteiger partial charge in [-0.2, -0.15) is 0 Å². The molecule has 0 saturated carbocycles. The summed E-state index contributed by atoms with van der Waals surface area (Å²) in [6.45, 7) is 3.29. The zero-order valence-electron chi connectivity index (χ0n) is 37.5. The van der Waals surface area contributed by atoms with E-state index >= 15 is 0 Å². The van der Waals surface area contributed by atoms with Crippen molar-refractivity contribution in [2.45, 2.75) is 262 Å². The lowest BCUT2D eigenvalue weighted by atomic mass is 9.98. The van der Waals surface area contributed by atoms with Crippen molar-refractivity contribution < 1.29 is 50.0 Å². The van der Waals surface area contributed by atoms with Crippen molar-refractivity contribution >= 4 is 5.91 Å². The predicted molar refractivity (Wildman–Crippen MR) is 238 cm³/mol. The first-order valence-corrected chi connectivity index (χ1v) is 24.2. The van der Waals surface area contributed by atoms with E-state index in [-0.39, 0.29) is 12.8 Å². The van der Waals surface area contributed by atoms with Gasteiger partial charge in [-0.25, -0.2) is 0 Å². The number of hydrogen-bond donors (Lipinski definition) is 8. The number of hydrogen-bond acceptors (Lipinski definition) is 10. The first kappa shape index (κ1) is 55.6. The lowest BCUT2D eigenvalue weighted by molar-refractivity contribution is -0.303. The Morgan fingerprint density at radius 2 is 1.05 bits per heavy atom. The number of nitrogens with one attached hydrogen (secondary N) is 1. The molecule has 1 heterocycles. The van der Waals surface area contributed by atoms with Crippen molar-refractivity contribution in [3.8, 4) is 0 Å². The van der Waals surface area contributed by atoms with E-state index in [2.05, 4.69) is 37.4 Å². The van der Waals surface area contributed by atoms with Gasteiger partial charge in [0, 0.05) is 0 Å². The van der Waals surface area contributed by atoms with Crippen LogP contribution in [0, 0.1) is 0 Å². The second-order valence-electron chi connectivity index (χ2n) is 17.1. The SMILES string of the molecule is CC/C=C/CC/C=C/CCCC(O)C(O)C(COC1OC(CO)C(O)C(O)C1O)NC(=O)C(O)CCCCCCCCCCCCCCCCCCCCCCCCC. The highest BCUT2D eigenvalue weighted by Crippen LogP contribution is 2.23. The van der Waals surface area contributed by atoms with Crippen LogP contribution in [0.15, 0.2) is 24.3 Å². The lowest BCUT2D eigenvalue weighted by Crippen LogP contribution is -2.60. The molecule has 348 valence electrons. The molecule has 59 heavy (non-hydrogen) atoms. The Balaban J connectivity index is 2.31. The molecule has 11 heteroatoms. The molecule has 1 saturated heterocycles. The number of allylic oxidation sites excluding steroid dienone is 4. The summed E-state index contributed by atoms with van der Waals surface area (Å²) in [5, 5.41) is 75.4. The smallest absolute Gasteiger partial charge is 0.249 e. The van der Waals surface area contributed by atoms with Crippen LogP contribution in [-0.4, -0.2) is 110 Å². The van der Waals surface area contributed by atoms with Crippen molar-refractivity contribution in [1.29, 1.82) is 0 Å². The number of rotatable bonds is 40. The third kappa shape index (κ3) is 28.0. The van der Waals surface area contributed by atoms with Crippen molar-refractivity contribution in [2.24, 2.45) is 0 Å². The fraction of sp³-hybridized carbons (Fsp3) is 0.896. The lowest BCUT2D eigenvalue weighted by Gasteiger charge is -2.40. The van der Waals surface area contributed by atoms with Crippen LogP contribution in [0.1, 0.15) is 206 Å².